The Hall–Kier alpha value is -2.40. The van der Waals surface area contributed by atoms with Crippen LogP contribution in [0.3, 0.4) is 0 Å². The molecule has 1 aromatic carbocycles. The van der Waals surface area contributed by atoms with Crippen molar-refractivity contribution in [1.29, 1.82) is 0 Å². The zero-order valence-corrected chi connectivity index (χ0v) is 11.3. The Morgan fingerprint density at radius 1 is 1.25 bits per heavy atom. The van der Waals surface area contributed by atoms with E-state index >= 15 is 0 Å². The van der Waals surface area contributed by atoms with Gasteiger partial charge in [-0.05, 0) is 24.6 Å². The fourth-order valence-corrected chi connectivity index (χ4v) is 2.01. The van der Waals surface area contributed by atoms with Crippen LogP contribution in [0.4, 0.5) is 5.82 Å². The molecule has 0 aliphatic heterocycles. The van der Waals surface area contributed by atoms with Crippen LogP contribution in [0, 0.1) is 0 Å². The average Bonchev–Trinajstić information content (AvgIpc) is 2.48. The zero-order valence-electron chi connectivity index (χ0n) is 11.3. The van der Waals surface area contributed by atoms with Crippen molar-refractivity contribution in [3.05, 3.63) is 59.8 Å². The number of anilines is 1. The fourth-order valence-electron chi connectivity index (χ4n) is 2.01. The van der Waals surface area contributed by atoms with Crippen LogP contribution < -0.4 is 16.8 Å². The molecule has 104 valence electrons. The van der Waals surface area contributed by atoms with Gasteiger partial charge in [-0.2, -0.15) is 0 Å². The van der Waals surface area contributed by atoms with Gasteiger partial charge in [-0.3, -0.25) is 4.79 Å². The Morgan fingerprint density at radius 2 is 1.95 bits per heavy atom. The van der Waals surface area contributed by atoms with E-state index in [0.717, 1.165) is 5.56 Å². The summed E-state index contributed by atoms with van der Waals surface area (Å²) in [6, 6.07) is 13.1. The van der Waals surface area contributed by atoms with Gasteiger partial charge in [-0.1, -0.05) is 30.3 Å². The number of rotatable bonds is 5. The summed E-state index contributed by atoms with van der Waals surface area (Å²) in [6.45, 7) is 2.31. The molecular formula is C15H18N4O. The second-order valence-electron chi connectivity index (χ2n) is 4.79. The van der Waals surface area contributed by atoms with Crippen molar-refractivity contribution in [2.24, 2.45) is 11.5 Å². The number of hydrogen-bond acceptors (Lipinski definition) is 4. The highest BCUT2D eigenvalue weighted by atomic mass is 16.1. The molecule has 2 rings (SSSR count). The maximum Gasteiger partial charge on any atom is 0.252 e. The summed E-state index contributed by atoms with van der Waals surface area (Å²) < 4.78 is 0. The maximum atomic E-state index is 11.4. The number of amides is 1. The van der Waals surface area contributed by atoms with E-state index in [1.807, 2.05) is 37.3 Å². The Labute approximate surface area is 118 Å². The smallest absolute Gasteiger partial charge is 0.252 e. The van der Waals surface area contributed by atoms with Gasteiger partial charge in [-0.15, -0.1) is 0 Å². The highest BCUT2D eigenvalue weighted by molar-refractivity contribution is 5.97. The number of hydrogen-bond donors (Lipinski definition) is 3. The predicted octanol–water partition coefficient (Wildman–Crippen LogP) is 1.47. The van der Waals surface area contributed by atoms with Gasteiger partial charge in [0.1, 0.15) is 5.82 Å². The lowest BCUT2D eigenvalue weighted by Gasteiger charge is -2.31. The first-order valence-corrected chi connectivity index (χ1v) is 6.35. The standard InChI is InChI=1S/C15H18N4O/c1-15(10-16,11-6-3-2-4-7-11)19-14-12(13(17)20)8-5-9-18-14/h2-9H,10,16H2,1H3,(H2,17,20)(H,18,19). The lowest BCUT2D eigenvalue weighted by molar-refractivity contribution is 0.100. The molecule has 1 unspecified atom stereocenters. The predicted molar refractivity (Wildman–Crippen MR) is 79.2 cm³/mol. The van der Waals surface area contributed by atoms with Crippen molar-refractivity contribution >= 4 is 11.7 Å². The second kappa shape index (κ2) is 5.71. The topological polar surface area (TPSA) is 94.0 Å². The van der Waals surface area contributed by atoms with Crippen molar-refractivity contribution in [1.82, 2.24) is 4.98 Å². The van der Waals surface area contributed by atoms with Crippen LogP contribution in [0.15, 0.2) is 48.7 Å². The normalized spacial score (nSPS) is 13.5. The fraction of sp³-hybridized carbons (Fsp3) is 0.200. The first-order chi connectivity index (χ1) is 9.57. The molecule has 1 amide bonds. The Bertz CT molecular complexity index is 600. The van der Waals surface area contributed by atoms with E-state index in [2.05, 4.69) is 10.3 Å². The van der Waals surface area contributed by atoms with Crippen LogP contribution >= 0.6 is 0 Å². The second-order valence-corrected chi connectivity index (χ2v) is 4.79. The van der Waals surface area contributed by atoms with Crippen LogP contribution in [0.25, 0.3) is 0 Å². The molecule has 1 atom stereocenters. The number of nitrogens with two attached hydrogens (primary N) is 2. The first kappa shape index (κ1) is 14.0. The largest absolute Gasteiger partial charge is 0.365 e. The van der Waals surface area contributed by atoms with E-state index < -0.39 is 11.4 Å². The number of nitrogens with zero attached hydrogens (tertiary/aromatic N) is 1. The van der Waals surface area contributed by atoms with Gasteiger partial charge in [-0.25, -0.2) is 4.98 Å². The molecule has 0 spiro atoms. The Morgan fingerprint density at radius 3 is 2.55 bits per heavy atom. The molecule has 0 aliphatic rings. The number of aromatic nitrogens is 1. The van der Waals surface area contributed by atoms with E-state index in [1.54, 1.807) is 18.3 Å². The molecular weight excluding hydrogens is 252 g/mol. The van der Waals surface area contributed by atoms with Crippen LogP contribution in [-0.2, 0) is 5.54 Å². The van der Waals surface area contributed by atoms with Crippen molar-refractivity contribution < 1.29 is 4.79 Å². The molecule has 5 nitrogen and oxygen atoms in total. The third-order valence-corrected chi connectivity index (χ3v) is 3.29. The average molecular weight is 270 g/mol. The maximum absolute atomic E-state index is 11.4. The molecule has 0 bridgehead atoms. The minimum absolute atomic E-state index is 0.350. The van der Waals surface area contributed by atoms with Gasteiger partial charge in [0.2, 0.25) is 0 Å². The number of primary amides is 1. The monoisotopic (exact) mass is 270 g/mol. The van der Waals surface area contributed by atoms with E-state index in [0.29, 0.717) is 17.9 Å². The lowest BCUT2D eigenvalue weighted by Crippen LogP contribution is -2.40. The van der Waals surface area contributed by atoms with Crippen LogP contribution in [0.1, 0.15) is 22.8 Å². The molecule has 0 fully saturated rings. The minimum atomic E-state index is -0.528. The van der Waals surface area contributed by atoms with Gasteiger partial charge in [0.25, 0.3) is 5.91 Å². The highest BCUT2D eigenvalue weighted by Gasteiger charge is 2.26. The number of carbonyl (C=O) groups excluding carboxylic acids is 1. The molecule has 20 heavy (non-hydrogen) atoms. The molecule has 2 aromatic rings. The summed E-state index contributed by atoms with van der Waals surface area (Å²) >= 11 is 0. The molecule has 0 saturated carbocycles. The van der Waals surface area contributed by atoms with E-state index in [-0.39, 0.29) is 0 Å². The number of nitrogens with one attached hydrogen (secondary N) is 1. The summed E-state index contributed by atoms with van der Waals surface area (Å²) in [5.41, 5.74) is 12.1. The van der Waals surface area contributed by atoms with E-state index in [4.69, 9.17) is 11.5 Å². The lowest BCUT2D eigenvalue weighted by atomic mass is 9.92. The molecule has 0 saturated heterocycles. The van der Waals surface area contributed by atoms with Crippen LogP contribution in [-0.4, -0.2) is 17.4 Å². The third-order valence-electron chi connectivity index (χ3n) is 3.29. The van der Waals surface area contributed by atoms with Crippen molar-refractivity contribution in [3.8, 4) is 0 Å². The van der Waals surface area contributed by atoms with Gasteiger partial charge in [0.15, 0.2) is 0 Å². The number of benzene rings is 1. The molecule has 5 N–H and O–H groups in total. The first-order valence-electron chi connectivity index (χ1n) is 6.35. The Balaban J connectivity index is 2.39. The summed E-state index contributed by atoms with van der Waals surface area (Å²) in [4.78, 5) is 15.6. The van der Waals surface area contributed by atoms with Gasteiger partial charge in [0, 0.05) is 12.7 Å². The molecule has 5 heteroatoms. The van der Waals surface area contributed by atoms with Crippen LogP contribution in [0.5, 0.6) is 0 Å². The summed E-state index contributed by atoms with van der Waals surface area (Å²) in [5.74, 6) is -0.0789. The molecule has 1 aromatic heterocycles. The number of pyridine rings is 1. The third kappa shape index (κ3) is 2.78. The molecule has 1 heterocycles. The quantitative estimate of drug-likeness (QED) is 0.766. The van der Waals surface area contributed by atoms with Crippen molar-refractivity contribution in [3.63, 3.8) is 0 Å². The van der Waals surface area contributed by atoms with E-state index in [1.165, 1.54) is 0 Å². The minimum Gasteiger partial charge on any atom is -0.365 e. The zero-order chi connectivity index (χ0) is 14.6. The molecule has 0 aliphatic carbocycles. The summed E-state index contributed by atoms with van der Waals surface area (Å²) in [6.07, 6.45) is 1.61. The van der Waals surface area contributed by atoms with Gasteiger partial charge < -0.3 is 16.8 Å². The van der Waals surface area contributed by atoms with Crippen molar-refractivity contribution in [2.45, 2.75) is 12.5 Å². The molecule has 0 radical (unpaired) electrons. The van der Waals surface area contributed by atoms with Crippen LogP contribution in [0.2, 0.25) is 0 Å². The van der Waals surface area contributed by atoms with Gasteiger partial charge >= 0.3 is 0 Å². The van der Waals surface area contributed by atoms with Crippen molar-refractivity contribution in [2.75, 3.05) is 11.9 Å². The highest BCUT2D eigenvalue weighted by Crippen LogP contribution is 2.25. The summed E-state index contributed by atoms with van der Waals surface area (Å²) in [7, 11) is 0. The van der Waals surface area contributed by atoms with Gasteiger partial charge in [0.05, 0.1) is 11.1 Å². The number of carbonyl (C=O) groups is 1. The SMILES string of the molecule is CC(CN)(Nc1ncccc1C(N)=O)c1ccccc1. The Kier molecular flexibility index (Phi) is 4.00. The van der Waals surface area contributed by atoms with E-state index in [9.17, 15) is 4.79 Å². The summed E-state index contributed by atoms with van der Waals surface area (Å²) in [5, 5.41) is 3.23.